The molecule has 146 valence electrons. The Kier molecular flexibility index (Phi) is 5.72. The van der Waals surface area contributed by atoms with Gasteiger partial charge in [0.05, 0.1) is 11.4 Å². The molecule has 0 bridgehead atoms. The Morgan fingerprint density at radius 1 is 1.11 bits per heavy atom. The van der Waals surface area contributed by atoms with Crippen molar-refractivity contribution in [2.75, 3.05) is 20.1 Å². The van der Waals surface area contributed by atoms with Crippen LogP contribution < -0.4 is 0 Å². The first-order valence-corrected chi connectivity index (χ1v) is 10.6. The van der Waals surface area contributed by atoms with E-state index < -0.39 is 10.0 Å². The SMILES string of the molecule is Cc1ccc(CN(C)C(=O)c2cc(S(=O)(=O)N3CCCCC3)ccc2C)o1. The van der Waals surface area contributed by atoms with E-state index in [1.54, 1.807) is 19.2 Å². The van der Waals surface area contributed by atoms with Crippen LogP contribution in [0.25, 0.3) is 0 Å². The maximum atomic E-state index is 12.9. The standard InChI is InChI=1S/C20H26N2O4S/c1-15-7-10-18(27(24,25)22-11-5-4-6-12-22)13-19(15)20(23)21(3)14-17-9-8-16(2)26-17/h7-10,13H,4-6,11-12,14H2,1-3H3. The van der Waals surface area contributed by atoms with Crippen molar-refractivity contribution in [1.82, 2.24) is 9.21 Å². The van der Waals surface area contributed by atoms with Gasteiger partial charge in [-0.3, -0.25) is 4.79 Å². The second kappa shape index (κ2) is 7.86. The van der Waals surface area contributed by atoms with Crippen LogP contribution in [0.15, 0.2) is 39.6 Å². The number of benzene rings is 1. The zero-order chi connectivity index (χ0) is 19.6. The van der Waals surface area contributed by atoms with Crippen LogP contribution in [0.4, 0.5) is 0 Å². The fourth-order valence-corrected chi connectivity index (χ4v) is 4.87. The zero-order valence-electron chi connectivity index (χ0n) is 16.1. The molecular weight excluding hydrogens is 364 g/mol. The van der Waals surface area contributed by atoms with Gasteiger partial charge in [-0.1, -0.05) is 12.5 Å². The average molecular weight is 391 g/mol. The van der Waals surface area contributed by atoms with Crippen molar-refractivity contribution in [2.24, 2.45) is 0 Å². The Morgan fingerprint density at radius 3 is 2.44 bits per heavy atom. The molecule has 1 saturated heterocycles. The number of carbonyl (C=O) groups is 1. The first-order valence-electron chi connectivity index (χ1n) is 9.20. The normalized spacial score (nSPS) is 15.7. The van der Waals surface area contributed by atoms with Crippen molar-refractivity contribution in [3.8, 4) is 0 Å². The lowest BCUT2D eigenvalue weighted by atomic mass is 10.1. The Balaban J connectivity index is 1.85. The van der Waals surface area contributed by atoms with Crippen LogP contribution in [0.1, 0.15) is 46.7 Å². The van der Waals surface area contributed by atoms with Gasteiger partial charge in [0.2, 0.25) is 10.0 Å². The Morgan fingerprint density at radius 2 is 1.81 bits per heavy atom. The van der Waals surface area contributed by atoms with E-state index in [0.717, 1.165) is 30.6 Å². The third-order valence-electron chi connectivity index (χ3n) is 4.93. The molecule has 0 radical (unpaired) electrons. The smallest absolute Gasteiger partial charge is 0.254 e. The van der Waals surface area contributed by atoms with Crippen LogP contribution in [-0.2, 0) is 16.6 Å². The van der Waals surface area contributed by atoms with Crippen molar-refractivity contribution in [3.63, 3.8) is 0 Å². The van der Waals surface area contributed by atoms with E-state index in [-0.39, 0.29) is 10.8 Å². The van der Waals surface area contributed by atoms with Crippen molar-refractivity contribution in [1.29, 1.82) is 0 Å². The average Bonchev–Trinajstić information content (AvgIpc) is 3.06. The Bertz CT molecular complexity index is 927. The third kappa shape index (κ3) is 4.25. The van der Waals surface area contributed by atoms with Crippen molar-refractivity contribution in [2.45, 2.75) is 44.6 Å². The molecule has 0 unspecified atom stereocenters. The summed E-state index contributed by atoms with van der Waals surface area (Å²) in [6.45, 7) is 5.07. The largest absolute Gasteiger partial charge is 0.464 e. The molecule has 1 amide bonds. The highest BCUT2D eigenvalue weighted by Gasteiger charge is 2.27. The highest BCUT2D eigenvalue weighted by atomic mass is 32.2. The minimum atomic E-state index is -3.57. The van der Waals surface area contributed by atoms with E-state index in [2.05, 4.69) is 0 Å². The number of amides is 1. The van der Waals surface area contributed by atoms with Gasteiger partial charge in [0.25, 0.3) is 5.91 Å². The first kappa shape index (κ1) is 19.6. The summed E-state index contributed by atoms with van der Waals surface area (Å²) >= 11 is 0. The predicted molar refractivity (Wildman–Crippen MR) is 103 cm³/mol. The summed E-state index contributed by atoms with van der Waals surface area (Å²) in [7, 11) is -1.89. The maximum absolute atomic E-state index is 12.9. The fraction of sp³-hybridized carbons (Fsp3) is 0.450. The van der Waals surface area contributed by atoms with Crippen molar-refractivity contribution < 1.29 is 17.6 Å². The number of rotatable bonds is 5. The van der Waals surface area contributed by atoms with Crippen LogP contribution in [0.5, 0.6) is 0 Å². The Labute approximate surface area is 160 Å². The first-order chi connectivity index (χ1) is 12.8. The van der Waals surface area contributed by atoms with Gasteiger partial charge in [0.15, 0.2) is 0 Å². The topological polar surface area (TPSA) is 70.8 Å². The molecule has 3 rings (SSSR count). The molecule has 0 atom stereocenters. The van der Waals surface area contributed by atoms with Crippen LogP contribution in [0.3, 0.4) is 0 Å². The van der Waals surface area contributed by atoms with Gasteiger partial charge < -0.3 is 9.32 Å². The zero-order valence-corrected chi connectivity index (χ0v) is 16.9. The van der Waals surface area contributed by atoms with Gasteiger partial charge in [-0.05, 0) is 56.5 Å². The lowest BCUT2D eigenvalue weighted by molar-refractivity contribution is 0.0774. The van der Waals surface area contributed by atoms with Crippen molar-refractivity contribution >= 4 is 15.9 Å². The lowest BCUT2D eigenvalue weighted by Crippen LogP contribution is -2.35. The molecule has 0 spiro atoms. The van der Waals surface area contributed by atoms with Gasteiger partial charge in [-0.2, -0.15) is 4.31 Å². The number of piperidine rings is 1. The molecular formula is C20H26N2O4S. The summed E-state index contributed by atoms with van der Waals surface area (Å²) in [5.41, 5.74) is 1.15. The summed E-state index contributed by atoms with van der Waals surface area (Å²) in [6, 6.07) is 8.49. The highest BCUT2D eigenvalue weighted by molar-refractivity contribution is 7.89. The van der Waals surface area contributed by atoms with Crippen LogP contribution >= 0.6 is 0 Å². The highest BCUT2D eigenvalue weighted by Crippen LogP contribution is 2.24. The van der Waals surface area contributed by atoms with Crippen LogP contribution in [0, 0.1) is 13.8 Å². The minimum absolute atomic E-state index is 0.181. The maximum Gasteiger partial charge on any atom is 0.254 e. The summed E-state index contributed by atoms with van der Waals surface area (Å²) in [5.74, 6) is 1.26. The molecule has 1 aliphatic heterocycles. The Hall–Kier alpha value is -2.12. The molecule has 6 nitrogen and oxygen atoms in total. The molecule has 2 aromatic rings. The monoisotopic (exact) mass is 390 g/mol. The van der Waals surface area contributed by atoms with E-state index in [0.29, 0.717) is 31.0 Å². The van der Waals surface area contributed by atoms with E-state index >= 15 is 0 Å². The predicted octanol–water partition coefficient (Wildman–Crippen LogP) is 3.34. The van der Waals surface area contributed by atoms with Gasteiger partial charge in [0, 0.05) is 25.7 Å². The number of carbonyl (C=O) groups excluding carboxylic acids is 1. The van der Waals surface area contributed by atoms with Crippen LogP contribution in [-0.4, -0.2) is 43.7 Å². The summed E-state index contributed by atoms with van der Waals surface area (Å²) in [6.07, 6.45) is 2.81. The van der Waals surface area contributed by atoms with Gasteiger partial charge >= 0.3 is 0 Å². The lowest BCUT2D eigenvalue weighted by Gasteiger charge is -2.26. The number of furan rings is 1. The van der Waals surface area contributed by atoms with E-state index in [1.165, 1.54) is 15.3 Å². The van der Waals surface area contributed by atoms with Gasteiger partial charge in [-0.25, -0.2) is 8.42 Å². The molecule has 0 N–H and O–H groups in total. The molecule has 27 heavy (non-hydrogen) atoms. The second-order valence-corrected chi connectivity index (χ2v) is 9.05. The number of aryl methyl sites for hydroxylation is 2. The summed E-state index contributed by atoms with van der Waals surface area (Å²) in [5, 5.41) is 0. The molecule has 7 heteroatoms. The van der Waals surface area contributed by atoms with E-state index in [1.807, 2.05) is 26.0 Å². The van der Waals surface area contributed by atoms with Crippen molar-refractivity contribution in [3.05, 3.63) is 53.0 Å². The quantitative estimate of drug-likeness (QED) is 0.785. The molecule has 1 aromatic heterocycles. The number of hydrogen-bond acceptors (Lipinski definition) is 4. The molecule has 1 aromatic carbocycles. The van der Waals surface area contributed by atoms with Gasteiger partial charge in [-0.15, -0.1) is 0 Å². The molecule has 0 aliphatic carbocycles. The van der Waals surface area contributed by atoms with E-state index in [4.69, 9.17) is 4.42 Å². The van der Waals surface area contributed by atoms with Gasteiger partial charge in [0.1, 0.15) is 11.5 Å². The number of hydrogen-bond donors (Lipinski definition) is 0. The summed E-state index contributed by atoms with van der Waals surface area (Å²) < 4.78 is 32.9. The summed E-state index contributed by atoms with van der Waals surface area (Å²) in [4.78, 5) is 14.6. The third-order valence-corrected chi connectivity index (χ3v) is 6.82. The molecule has 2 heterocycles. The second-order valence-electron chi connectivity index (χ2n) is 7.12. The minimum Gasteiger partial charge on any atom is -0.464 e. The molecule has 1 aliphatic rings. The fourth-order valence-electron chi connectivity index (χ4n) is 3.33. The van der Waals surface area contributed by atoms with Crippen LogP contribution in [0.2, 0.25) is 0 Å². The molecule has 0 saturated carbocycles. The van der Waals surface area contributed by atoms with E-state index in [9.17, 15) is 13.2 Å². The number of sulfonamides is 1. The number of nitrogens with zero attached hydrogens (tertiary/aromatic N) is 2. The molecule has 1 fully saturated rings.